The summed E-state index contributed by atoms with van der Waals surface area (Å²) in [4.78, 5) is 22.9. The number of halogens is 2. The number of methoxy groups -OCH3 is 1. The highest BCUT2D eigenvalue weighted by Crippen LogP contribution is 2.08. The summed E-state index contributed by atoms with van der Waals surface area (Å²) in [6, 6.07) is 2.12. The van der Waals surface area contributed by atoms with Gasteiger partial charge in [0.2, 0.25) is 5.91 Å². The first-order valence-electron chi connectivity index (χ1n) is 5.78. The molecule has 1 N–H and O–H groups in total. The van der Waals surface area contributed by atoms with Crippen molar-refractivity contribution in [2.45, 2.75) is 25.8 Å². The van der Waals surface area contributed by atoms with Crippen LogP contribution in [0, 0.1) is 11.6 Å². The number of ether oxygens (including phenoxy) is 1. The molecule has 0 spiro atoms. The second kappa shape index (κ2) is 6.82. The molecule has 0 unspecified atom stereocenters. The van der Waals surface area contributed by atoms with Gasteiger partial charge in [0.05, 0.1) is 13.5 Å². The third-order valence-corrected chi connectivity index (χ3v) is 2.52. The monoisotopic (exact) mass is 271 g/mol. The van der Waals surface area contributed by atoms with Crippen molar-refractivity contribution in [3.05, 3.63) is 35.4 Å². The molecular weight excluding hydrogens is 256 g/mol. The third kappa shape index (κ3) is 4.65. The summed E-state index contributed by atoms with van der Waals surface area (Å²) in [5, 5.41) is 2.45. The van der Waals surface area contributed by atoms with E-state index in [1.165, 1.54) is 7.11 Å². The van der Waals surface area contributed by atoms with Crippen LogP contribution in [0.5, 0.6) is 0 Å². The van der Waals surface area contributed by atoms with Gasteiger partial charge in [0.25, 0.3) is 0 Å². The normalized spacial score (nSPS) is 11.8. The summed E-state index contributed by atoms with van der Waals surface area (Å²) in [6.45, 7) is 1.71. The predicted molar refractivity (Wildman–Crippen MR) is 64.3 cm³/mol. The Morgan fingerprint density at radius 1 is 1.26 bits per heavy atom. The van der Waals surface area contributed by atoms with Crippen molar-refractivity contribution in [2.75, 3.05) is 7.11 Å². The van der Waals surface area contributed by atoms with E-state index in [0.29, 0.717) is 6.42 Å². The minimum Gasteiger partial charge on any atom is -0.467 e. The van der Waals surface area contributed by atoms with Gasteiger partial charge in [-0.3, -0.25) is 4.79 Å². The molecule has 6 heteroatoms. The highest BCUT2D eigenvalue weighted by atomic mass is 19.1. The van der Waals surface area contributed by atoms with Gasteiger partial charge in [-0.2, -0.15) is 0 Å². The molecule has 0 saturated heterocycles. The van der Waals surface area contributed by atoms with E-state index in [2.05, 4.69) is 10.1 Å². The lowest BCUT2D eigenvalue weighted by Gasteiger charge is -2.14. The van der Waals surface area contributed by atoms with Crippen molar-refractivity contribution >= 4 is 11.9 Å². The summed E-state index contributed by atoms with van der Waals surface area (Å²) in [7, 11) is 1.22. The maximum absolute atomic E-state index is 12.9. The molecule has 19 heavy (non-hydrogen) atoms. The number of nitrogens with one attached hydrogen (secondary N) is 1. The summed E-state index contributed by atoms with van der Waals surface area (Å²) in [6.07, 6.45) is 0.165. The van der Waals surface area contributed by atoms with Crippen LogP contribution in [0.3, 0.4) is 0 Å². The van der Waals surface area contributed by atoms with Gasteiger partial charge in [-0.1, -0.05) is 6.92 Å². The quantitative estimate of drug-likeness (QED) is 0.827. The number of carbonyl (C=O) groups is 2. The molecule has 0 radical (unpaired) electrons. The summed E-state index contributed by atoms with van der Waals surface area (Å²) >= 11 is 0. The number of esters is 1. The second-order valence-electron chi connectivity index (χ2n) is 4.01. The van der Waals surface area contributed by atoms with Crippen LogP contribution in [0.25, 0.3) is 0 Å². The summed E-state index contributed by atoms with van der Waals surface area (Å²) in [5.74, 6) is -2.55. The van der Waals surface area contributed by atoms with E-state index in [9.17, 15) is 18.4 Å². The molecule has 0 heterocycles. The molecule has 0 aromatic heterocycles. The lowest BCUT2D eigenvalue weighted by Crippen LogP contribution is -2.41. The second-order valence-corrected chi connectivity index (χ2v) is 4.01. The van der Waals surface area contributed by atoms with Gasteiger partial charge in [0.1, 0.15) is 17.7 Å². The Bertz CT molecular complexity index is 457. The van der Waals surface area contributed by atoms with Crippen molar-refractivity contribution in [3.8, 4) is 0 Å². The van der Waals surface area contributed by atoms with E-state index >= 15 is 0 Å². The fraction of sp³-hybridized carbons (Fsp3) is 0.385. The maximum atomic E-state index is 12.9. The van der Waals surface area contributed by atoms with Crippen LogP contribution >= 0.6 is 0 Å². The number of rotatable bonds is 5. The molecule has 0 saturated carbocycles. The zero-order valence-electron chi connectivity index (χ0n) is 10.7. The third-order valence-electron chi connectivity index (χ3n) is 2.52. The van der Waals surface area contributed by atoms with Crippen LogP contribution in [0.2, 0.25) is 0 Å². The standard InChI is InChI=1S/C13H15F2NO3/c1-3-11(13(18)19-2)16-12(17)6-8-4-9(14)7-10(15)5-8/h4-5,7,11H,3,6H2,1-2H3,(H,16,17)/t11-/m1/s1. The molecule has 1 aromatic rings. The molecule has 0 fully saturated rings. The van der Waals surface area contributed by atoms with Gasteiger partial charge >= 0.3 is 5.97 Å². The Morgan fingerprint density at radius 2 is 1.84 bits per heavy atom. The number of amides is 1. The van der Waals surface area contributed by atoms with Gasteiger partial charge in [-0.05, 0) is 24.1 Å². The van der Waals surface area contributed by atoms with E-state index in [0.717, 1.165) is 18.2 Å². The number of carbonyl (C=O) groups excluding carboxylic acids is 2. The average Bonchev–Trinajstić information content (AvgIpc) is 2.33. The van der Waals surface area contributed by atoms with Crippen molar-refractivity contribution in [2.24, 2.45) is 0 Å². The van der Waals surface area contributed by atoms with Gasteiger partial charge in [-0.25, -0.2) is 13.6 Å². The van der Waals surface area contributed by atoms with Crippen LogP contribution in [-0.4, -0.2) is 25.0 Å². The molecule has 104 valence electrons. The fourth-order valence-corrected chi connectivity index (χ4v) is 1.61. The Hall–Kier alpha value is -1.98. The van der Waals surface area contributed by atoms with Gasteiger partial charge in [0.15, 0.2) is 0 Å². The van der Waals surface area contributed by atoms with E-state index in [1.54, 1.807) is 6.92 Å². The van der Waals surface area contributed by atoms with Crippen molar-refractivity contribution in [1.82, 2.24) is 5.32 Å². The molecule has 0 bridgehead atoms. The first-order valence-corrected chi connectivity index (χ1v) is 5.78. The summed E-state index contributed by atoms with van der Waals surface area (Å²) < 4.78 is 30.4. The molecule has 0 aliphatic carbocycles. The minimum absolute atomic E-state index is 0.203. The first-order chi connectivity index (χ1) is 8.96. The van der Waals surface area contributed by atoms with E-state index in [4.69, 9.17) is 0 Å². The van der Waals surface area contributed by atoms with Crippen molar-refractivity contribution in [3.63, 3.8) is 0 Å². The zero-order chi connectivity index (χ0) is 14.4. The fourth-order valence-electron chi connectivity index (χ4n) is 1.61. The largest absolute Gasteiger partial charge is 0.467 e. The topological polar surface area (TPSA) is 55.4 Å². The van der Waals surface area contributed by atoms with E-state index < -0.39 is 29.6 Å². The van der Waals surface area contributed by atoms with Crippen LogP contribution < -0.4 is 5.32 Å². The molecule has 0 aliphatic heterocycles. The van der Waals surface area contributed by atoms with Crippen LogP contribution in [0.4, 0.5) is 8.78 Å². The molecule has 1 rings (SSSR count). The van der Waals surface area contributed by atoms with Gasteiger partial charge in [0, 0.05) is 6.07 Å². The smallest absolute Gasteiger partial charge is 0.328 e. The predicted octanol–water partition coefficient (Wildman–Crippen LogP) is 1.58. The minimum atomic E-state index is -0.754. The number of hydrogen-bond donors (Lipinski definition) is 1. The highest BCUT2D eigenvalue weighted by Gasteiger charge is 2.19. The number of benzene rings is 1. The van der Waals surface area contributed by atoms with Gasteiger partial charge < -0.3 is 10.1 Å². The van der Waals surface area contributed by atoms with Crippen LogP contribution in [-0.2, 0) is 20.7 Å². The maximum Gasteiger partial charge on any atom is 0.328 e. The summed E-state index contributed by atoms with van der Waals surface area (Å²) in [5.41, 5.74) is 0.203. The Kier molecular flexibility index (Phi) is 5.41. The Balaban J connectivity index is 2.66. The number of hydrogen-bond acceptors (Lipinski definition) is 3. The molecule has 1 atom stereocenters. The average molecular weight is 271 g/mol. The SMILES string of the molecule is CC[C@@H](NC(=O)Cc1cc(F)cc(F)c1)C(=O)OC. The van der Waals surface area contributed by atoms with Crippen LogP contribution in [0.15, 0.2) is 18.2 Å². The first kappa shape index (κ1) is 15.1. The van der Waals surface area contributed by atoms with Crippen LogP contribution in [0.1, 0.15) is 18.9 Å². The van der Waals surface area contributed by atoms with Crippen molar-refractivity contribution in [1.29, 1.82) is 0 Å². The lowest BCUT2D eigenvalue weighted by atomic mass is 10.1. The Labute approximate surface area is 109 Å². The molecule has 0 aliphatic rings. The van der Waals surface area contributed by atoms with E-state index in [-0.39, 0.29) is 12.0 Å². The Morgan fingerprint density at radius 3 is 2.32 bits per heavy atom. The molecular formula is C13H15F2NO3. The van der Waals surface area contributed by atoms with Gasteiger partial charge in [-0.15, -0.1) is 0 Å². The van der Waals surface area contributed by atoms with Crippen molar-refractivity contribution < 1.29 is 23.1 Å². The molecule has 1 aromatic carbocycles. The lowest BCUT2D eigenvalue weighted by molar-refractivity contribution is -0.145. The zero-order valence-corrected chi connectivity index (χ0v) is 10.7. The molecule has 1 amide bonds. The van der Waals surface area contributed by atoms with E-state index in [1.807, 2.05) is 0 Å². The highest BCUT2D eigenvalue weighted by molar-refractivity contribution is 5.85. The molecule has 4 nitrogen and oxygen atoms in total.